The molecule has 1 heterocycles. The number of sulfonamides is 1. The minimum absolute atomic E-state index is 0.0872. The zero-order chi connectivity index (χ0) is 19.3. The molecule has 1 aliphatic rings. The zero-order valence-electron chi connectivity index (χ0n) is 15.1. The molecule has 0 aromatic heterocycles. The number of aryl methyl sites for hydroxylation is 1. The average Bonchev–Trinajstić information content (AvgIpc) is 2.69. The molecular weight excluding hydrogens is 366 g/mol. The number of para-hydroxylation sites is 1. The molecule has 0 unspecified atom stereocenters. The molecule has 7 nitrogen and oxygen atoms in total. The highest BCUT2D eigenvalue weighted by Crippen LogP contribution is 2.19. The van der Waals surface area contributed by atoms with Crippen molar-refractivity contribution < 1.29 is 17.9 Å². The minimum atomic E-state index is -3.51. The number of hydrogen-bond donors (Lipinski definition) is 2. The van der Waals surface area contributed by atoms with Crippen molar-refractivity contribution in [3.8, 4) is 0 Å². The van der Waals surface area contributed by atoms with E-state index < -0.39 is 10.0 Å². The van der Waals surface area contributed by atoms with Crippen molar-refractivity contribution in [2.24, 2.45) is 0 Å². The van der Waals surface area contributed by atoms with Gasteiger partial charge in [-0.1, -0.05) is 18.2 Å². The molecule has 0 bridgehead atoms. The molecule has 8 heteroatoms. The second-order valence-corrected chi connectivity index (χ2v) is 8.20. The summed E-state index contributed by atoms with van der Waals surface area (Å²) in [4.78, 5) is 12.3. The summed E-state index contributed by atoms with van der Waals surface area (Å²) in [5, 5.41) is 5.85. The van der Waals surface area contributed by atoms with Gasteiger partial charge in [0.15, 0.2) is 0 Å². The van der Waals surface area contributed by atoms with Crippen LogP contribution in [0.1, 0.15) is 5.56 Å². The first kappa shape index (κ1) is 19.3. The fourth-order valence-corrected chi connectivity index (χ4v) is 4.18. The molecule has 1 saturated heterocycles. The summed E-state index contributed by atoms with van der Waals surface area (Å²) in [6.07, 6.45) is 0. The van der Waals surface area contributed by atoms with Crippen LogP contribution in [0.25, 0.3) is 0 Å². The first-order valence-electron chi connectivity index (χ1n) is 8.74. The van der Waals surface area contributed by atoms with Gasteiger partial charge in [0, 0.05) is 24.5 Å². The maximum atomic E-state index is 12.6. The summed E-state index contributed by atoms with van der Waals surface area (Å²) in [6, 6.07) is 14.0. The molecule has 0 spiro atoms. The number of carbonyl (C=O) groups excluding carboxylic acids is 1. The van der Waals surface area contributed by atoms with E-state index in [1.54, 1.807) is 24.3 Å². The van der Waals surface area contributed by atoms with Gasteiger partial charge in [0.25, 0.3) is 0 Å². The average molecular weight is 389 g/mol. The Morgan fingerprint density at radius 1 is 1.07 bits per heavy atom. The van der Waals surface area contributed by atoms with Crippen molar-refractivity contribution in [2.45, 2.75) is 11.8 Å². The van der Waals surface area contributed by atoms with Crippen molar-refractivity contribution in [1.82, 2.24) is 4.31 Å². The highest BCUT2D eigenvalue weighted by Gasteiger charge is 2.26. The Balaban J connectivity index is 1.57. The number of hydrogen-bond acceptors (Lipinski definition) is 5. The Hall–Kier alpha value is -2.42. The van der Waals surface area contributed by atoms with E-state index in [1.807, 2.05) is 31.2 Å². The molecule has 1 fully saturated rings. The number of nitrogens with zero attached hydrogens (tertiary/aromatic N) is 1. The van der Waals surface area contributed by atoms with Gasteiger partial charge in [0.05, 0.1) is 24.7 Å². The highest BCUT2D eigenvalue weighted by molar-refractivity contribution is 7.89. The lowest BCUT2D eigenvalue weighted by Crippen LogP contribution is -2.40. The molecule has 2 aromatic rings. The van der Waals surface area contributed by atoms with E-state index in [4.69, 9.17) is 4.74 Å². The lowest BCUT2D eigenvalue weighted by Gasteiger charge is -2.26. The molecule has 3 rings (SSSR count). The van der Waals surface area contributed by atoms with E-state index in [0.29, 0.717) is 32.0 Å². The van der Waals surface area contributed by atoms with Gasteiger partial charge in [-0.05, 0) is 42.8 Å². The van der Waals surface area contributed by atoms with E-state index >= 15 is 0 Å². The van der Waals surface area contributed by atoms with Crippen LogP contribution >= 0.6 is 0 Å². The molecular formula is C19H23N3O4S. The number of anilines is 2. The maximum absolute atomic E-state index is 12.6. The molecule has 1 amide bonds. The number of ether oxygens (including phenoxy) is 1. The highest BCUT2D eigenvalue weighted by atomic mass is 32.2. The third-order valence-corrected chi connectivity index (χ3v) is 6.25. The Kier molecular flexibility index (Phi) is 6.10. The summed E-state index contributed by atoms with van der Waals surface area (Å²) in [7, 11) is -3.51. The second-order valence-electron chi connectivity index (χ2n) is 6.26. The molecule has 1 aliphatic heterocycles. The van der Waals surface area contributed by atoms with Crippen LogP contribution in [0.2, 0.25) is 0 Å². The van der Waals surface area contributed by atoms with Gasteiger partial charge >= 0.3 is 0 Å². The lowest BCUT2D eigenvalue weighted by atomic mass is 10.2. The van der Waals surface area contributed by atoms with Crippen molar-refractivity contribution >= 4 is 27.3 Å². The predicted molar refractivity (Wildman–Crippen MR) is 104 cm³/mol. The fourth-order valence-electron chi connectivity index (χ4n) is 2.77. The van der Waals surface area contributed by atoms with E-state index in [9.17, 15) is 13.2 Å². The summed E-state index contributed by atoms with van der Waals surface area (Å²) in [5.41, 5.74) is 2.44. The van der Waals surface area contributed by atoms with Crippen LogP contribution in [-0.4, -0.2) is 51.5 Å². The molecule has 2 N–H and O–H groups in total. The Labute approximate surface area is 159 Å². The van der Waals surface area contributed by atoms with Crippen LogP contribution < -0.4 is 10.6 Å². The van der Waals surface area contributed by atoms with E-state index in [0.717, 1.165) is 11.3 Å². The quantitative estimate of drug-likeness (QED) is 0.790. The van der Waals surface area contributed by atoms with Crippen molar-refractivity contribution in [3.05, 3.63) is 54.1 Å². The molecule has 0 atom stereocenters. The normalized spacial score (nSPS) is 15.3. The van der Waals surface area contributed by atoms with Gasteiger partial charge in [0.2, 0.25) is 15.9 Å². The molecule has 0 aliphatic carbocycles. The van der Waals surface area contributed by atoms with Crippen LogP contribution in [0.4, 0.5) is 11.4 Å². The van der Waals surface area contributed by atoms with Crippen LogP contribution in [0, 0.1) is 6.92 Å². The number of benzene rings is 2. The number of morpholine rings is 1. The fraction of sp³-hybridized carbons (Fsp3) is 0.316. The molecule has 144 valence electrons. The molecule has 0 saturated carbocycles. The topological polar surface area (TPSA) is 87.7 Å². The summed E-state index contributed by atoms with van der Waals surface area (Å²) >= 11 is 0. The zero-order valence-corrected chi connectivity index (χ0v) is 16.0. The van der Waals surface area contributed by atoms with Crippen LogP contribution in [0.3, 0.4) is 0 Å². The van der Waals surface area contributed by atoms with Crippen molar-refractivity contribution in [2.75, 3.05) is 43.5 Å². The van der Waals surface area contributed by atoms with Gasteiger partial charge in [-0.3, -0.25) is 4.79 Å². The minimum Gasteiger partial charge on any atom is -0.379 e. The monoisotopic (exact) mass is 389 g/mol. The molecule has 2 aromatic carbocycles. The van der Waals surface area contributed by atoms with E-state index in [1.165, 1.54) is 4.31 Å². The van der Waals surface area contributed by atoms with Crippen LogP contribution in [0.15, 0.2) is 53.4 Å². The van der Waals surface area contributed by atoms with Gasteiger partial charge in [0.1, 0.15) is 0 Å². The van der Waals surface area contributed by atoms with Crippen molar-refractivity contribution in [3.63, 3.8) is 0 Å². The molecule has 0 radical (unpaired) electrons. The first-order valence-corrected chi connectivity index (χ1v) is 10.2. The second kappa shape index (κ2) is 8.51. The number of rotatable bonds is 6. The van der Waals surface area contributed by atoms with E-state index in [-0.39, 0.29) is 17.3 Å². The number of amides is 1. The summed E-state index contributed by atoms with van der Waals surface area (Å²) in [5.74, 6) is -0.172. The maximum Gasteiger partial charge on any atom is 0.243 e. The SMILES string of the molecule is Cc1ccccc1NC(=O)CNc1ccc(S(=O)(=O)N2CCOCC2)cc1. The van der Waals surface area contributed by atoms with Crippen molar-refractivity contribution in [1.29, 1.82) is 0 Å². The van der Waals surface area contributed by atoms with Gasteiger partial charge in [-0.25, -0.2) is 8.42 Å². The van der Waals surface area contributed by atoms with Crippen LogP contribution in [0.5, 0.6) is 0 Å². The molecule has 27 heavy (non-hydrogen) atoms. The van der Waals surface area contributed by atoms with Gasteiger partial charge < -0.3 is 15.4 Å². The van der Waals surface area contributed by atoms with Gasteiger partial charge in [-0.15, -0.1) is 0 Å². The Bertz CT molecular complexity index is 891. The first-order chi connectivity index (χ1) is 13.0. The smallest absolute Gasteiger partial charge is 0.243 e. The third kappa shape index (κ3) is 4.85. The standard InChI is InChI=1S/C19H23N3O4S/c1-15-4-2-3-5-18(15)21-19(23)14-20-16-6-8-17(9-7-16)27(24,25)22-10-12-26-13-11-22/h2-9,20H,10-14H2,1H3,(H,21,23). The van der Waals surface area contributed by atoms with Gasteiger partial charge in [-0.2, -0.15) is 4.31 Å². The Morgan fingerprint density at radius 3 is 2.41 bits per heavy atom. The predicted octanol–water partition coefficient (Wildman–Crippen LogP) is 2.07. The van der Waals surface area contributed by atoms with E-state index in [2.05, 4.69) is 10.6 Å². The summed E-state index contributed by atoms with van der Waals surface area (Å²) in [6.45, 7) is 3.56. The third-order valence-electron chi connectivity index (χ3n) is 4.33. The largest absolute Gasteiger partial charge is 0.379 e. The number of carbonyl (C=O) groups is 1. The number of nitrogens with one attached hydrogen (secondary N) is 2. The summed E-state index contributed by atoms with van der Waals surface area (Å²) < 4.78 is 31.8. The van der Waals surface area contributed by atoms with Crippen LogP contribution in [-0.2, 0) is 19.6 Å². The lowest BCUT2D eigenvalue weighted by molar-refractivity contribution is -0.114. The Morgan fingerprint density at radius 2 is 1.74 bits per heavy atom.